The lowest BCUT2D eigenvalue weighted by Crippen LogP contribution is -2.13. The molecule has 1 aromatic heterocycles. The number of non-ortho nitro benzene ring substituents is 1. The van der Waals surface area contributed by atoms with Crippen LogP contribution in [0.2, 0.25) is 0 Å². The van der Waals surface area contributed by atoms with Gasteiger partial charge in [0, 0.05) is 23.9 Å². The second kappa shape index (κ2) is 6.44. The zero-order chi connectivity index (χ0) is 16.1. The fraction of sp³-hybridized carbons (Fsp3) is 0.0714. The molecular weight excluding hydrogens is 290 g/mol. The minimum Gasteiger partial charge on any atom is -0.465 e. The molecule has 22 heavy (non-hydrogen) atoms. The van der Waals surface area contributed by atoms with Gasteiger partial charge in [0.15, 0.2) is 0 Å². The lowest BCUT2D eigenvalue weighted by molar-refractivity contribution is -0.384. The first-order valence-corrected chi connectivity index (χ1v) is 6.11. The molecule has 0 radical (unpaired) electrons. The first kappa shape index (κ1) is 15.1. The highest BCUT2D eigenvalue weighted by Crippen LogP contribution is 2.14. The van der Waals surface area contributed by atoms with Crippen molar-refractivity contribution in [3.63, 3.8) is 0 Å². The second-order valence-corrected chi connectivity index (χ2v) is 4.19. The Kier molecular flexibility index (Phi) is 4.42. The maximum atomic E-state index is 12.0. The number of nitro groups is 1. The Labute approximate surface area is 124 Å². The Bertz CT molecular complexity index is 728. The monoisotopic (exact) mass is 301 g/mol. The van der Waals surface area contributed by atoms with Crippen molar-refractivity contribution in [2.45, 2.75) is 0 Å². The molecule has 0 spiro atoms. The predicted octanol–water partition coefficient (Wildman–Crippen LogP) is 2.03. The number of methoxy groups -OCH3 is 1. The van der Waals surface area contributed by atoms with Gasteiger partial charge in [-0.15, -0.1) is 0 Å². The van der Waals surface area contributed by atoms with Crippen molar-refractivity contribution < 1.29 is 19.2 Å². The van der Waals surface area contributed by atoms with Crippen LogP contribution >= 0.6 is 0 Å². The normalized spacial score (nSPS) is 9.86. The summed E-state index contributed by atoms with van der Waals surface area (Å²) in [5.41, 5.74) is 0.200. The number of hydrogen-bond donors (Lipinski definition) is 1. The van der Waals surface area contributed by atoms with E-state index < -0.39 is 16.8 Å². The summed E-state index contributed by atoms with van der Waals surface area (Å²) < 4.78 is 4.53. The first-order chi connectivity index (χ1) is 10.5. The van der Waals surface area contributed by atoms with Crippen molar-refractivity contribution >= 4 is 23.4 Å². The van der Waals surface area contributed by atoms with Gasteiger partial charge in [0.2, 0.25) is 0 Å². The number of rotatable bonds is 4. The number of nitro benzene ring substituents is 1. The molecule has 0 fully saturated rings. The van der Waals surface area contributed by atoms with Gasteiger partial charge in [0.05, 0.1) is 17.6 Å². The summed E-state index contributed by atoms with van der Waals surface area (Å²) in [4.78, 5) is 37.3. The Balaban J connectivity index is 2.13. The van der Waals surface area contributed by atoms with Gasteiger partial charge in [0.1, 0.15) is 5.82 Å². The quantitative estimate of drug-likeness (QED) is 0.525. The predicted molar refractivity (Wildman–Crippen MR) is 76.6 cm³/mol. The number of anilines is 1. The van der Waals surface area contributed by atoms with E-state index in [0.29, 0.717) is 0 Å². The number of ether oxygens (including phenoxy) is 1. The highest BCUT2D eigenvalue weighted by molar-refractivity contribution is 6.04. The molecule has 1 heterocycles. The van der Waals surface area contributed by atoms with Crippen molar-refractivity contribution in [1.29, 1.82) is 0 Å². The number of esters is 1. The standard InChI is InChI=1S/C14H11N3O5/c1-22-14(19)10-5-6-12(15-8-10)16-13(18)9-3-2-4-11(7-9)17(20)21/h2-8H,1H3,(H,15,16,18). The molecule has 0 saturated carbocycles. The molecule has 0 bridgehead atoms. The molecule has 0 atom stereocenters. The van der Waals surface area contributed by atoms with Crippen molar-refractivity contribution in [3.05, 3.63) is 63.8 Å². The van der Waals surface area contributed by atoms with Crippen LogP contribution < -0.4 is 5.32 Å². The molecule has 0 aliphatic rings. The van der Waals surface area contributed by atoms with Crippen LogP contribution in [0.15, 0.2) is 42.6 Å². The molecule has 8 nitrogen and oxygen atoms in total. The number of hydrogen-bond acceptors (Lipinski definition) is 6. The van der Waals surface area contributed by atoms with Crippen LogP contribution in [-0.2, 0) is 4.74 Å². The van der Waals surface area contributed by atoms with Crippen LogP contribution in [0.3, 0.4) is 0 Å². The van der Waals surface area contributed by atoms with E-state index in [1.54, 1.807) is 0 Å². The maximum absolute atomic E-state index is 12.0. The smallest absolute Gasteiger partial charge is 0.339 e. The van der Waals surface area contributed by atoms with Crippen LogP contribution in [0.25, 0.3) is 0 Å². The summed E-state index contributed by atoms with van der Waals surface area (Å²) in [6.45, 7) is 0. The van der Waals surface area contributed by atoms with Crippen LogP contribution in [-0.4, -0.2) is 28.9 Å². The first-order valence-electron chi connectivity index (χ1n) is 6.11. The molecule has 112 valence electrons. The molecule has 2 rings (SSSR count). The number of benzene rings is 1. The van der Waals surface area contributed by atoms with E-state index in [1.807, 2.05) is 0 Å². The van der Waals surface area contributed by atoms with Gasteiger partial charge in [-0.1, -0.05) is 6.07 Å². The number of aromatic nitrogens is 1. The van der Waals surface area contributed by atoms with Crippen LogP contribution in [0.5, 0.6) is 0 Å². The van der Waals surface area contributed by atoms with Crippen LogP contribution in [0.1, 0.15) is 20.7 Å². The minimum absolute atomic E-state index is 0.132. The van der Waals surface area contributed by atoms with Crippen LogP contribution in [0.4, 0.5) is 11.5 Å². The SMILES string of the molecule is COC(=O)c1ccc(NC(=O)c2cccc([N+](=O)[O-])c2)nc1. The van der Waals surface area contributed by atoms with Gasteiger partial charge in [-0.25, -0.2) is 9.78 Å². The number of nitrogens with zero attached hydrogens (tertiary/aromatic N) is 2. The van der Waals surface area contributed by atoms with E-state index in [0.717, 1.165) is 6.07 Å². The van der Waals surface area contributed by atoms with Crippen molar-refractivity contribution in [2.24, 2.45) is 0 Å². The van der Waals surface area contributed by atoms with Gasteiger partial charge in [-0.05, 0) is 18.2 Å². The van der Waals surface area contributed by atoms with E-state index in [2.05, 4.69) is 15.0 Å². The third kappa shape index (κ3) is 3.42. The van der Waals surface area contributed by atoms with Gasteiger partial charge in [0.25, 0.3) is 11.6 Å². The van der Waals surface area contributed by atoms with Crippen molar-refractivity contribution in [3.8, 4) is 0 Å². The summed E-state index contributed by atoms with van der Waals surface area (Å²) in [5, 5.41) is 13.2. The molecule has 0 unspecified atom stereocenters. The average Bonchev–Trinajstić information content (AvgIpc) is 2.54. The molecule has 1 aromatic carbocycles. The van der Waals surface area contributed by atoms with Gasteiger partial charge >= 0.3 is 5.97 Å². The maximum Gasteiger partial charge on any atom is 0.339 e. The molecule has 0 aliphatic heterocycles. The van der Waals surface area contributed by atoms with Crippen LogP contribution in [0, 0.1) is 10.1 Å². The number of amides is 1. The molecule has 1 N–H and O–H groups in total. The van der Waals surface area contributed by atoms with Gasteiger partial charge < -0.3 is 10.1 Å². The summed E-state index contributed by atoms with van der Waals surface area (Å²) in [5.74, 6) is -0.866. The number of pyridine rings is 1. The molecule has 8 heteroatoms. The van der Waals surface area contributed by atoms with Crippen molar-refractivity contribution in [1.82, 2.24) is 4.98 Å². The molecule has 0 aliphatic carbocycles. The lowest BCUT2D eigenvalue weighted by Gasteiger charge is -2.05. The highest BCUT2D eigenvalue weighted by atomic mass is 16.6. The third-order valence-electron chi connectivity index (χ3n) is 2.75. The van der Waals surface area contributed by atoms with Gasteiger partial charge in [-0.3, -0.25) is 14.9 Å². The Morgan fingerprint density at radius 3 is 2.59 bits per heavy atom. The molecular formula is C14H11N3O5. The Morgan fingerprint density at radius 1 is 1.23 bits per heavy atom. The average molecular weight is 301 g/mol. The zero-order valence-electron chi connectivity index (χ0n) is 11.5. The van der Waals surface area contributed by atoms with E-state index >= 15 is 0 Å². The third-order valence-corrected chi connectivity index (χ3v) is 2.75. The minimum atomic E-state index is -0.583. The number of carbonyl (C=O) groups excluding carboxylic acids is 2. The topological polar surface area (TPSA) is 111 Å². The number of nitrogens with one attached hydrogen (secondary N) is 1. The molecule has 0 saturated heterocycles. The lowest BCUT2D eigenvalue weighted by atomic mass is 10.2. The number of carbonyl (C=O) groups is 2. The largest absolute Gasteiger partial charge is 0.465 e. The molecule has 1 amide bonds. The van der Waals surface area contributed by atoms with E-state index in [-0.39, 0.29) is 22.6 Å². The summed E-state index contributed by atoms with van der Waals surface area (Å²) >= 11 is 0. The van der Waals surface area contributed by atoms with E-state index in [9.17, 15) is 19.7 Å². The fourth-order valence-electron chi connectivity index (χ4n) is 1.66. The van der Waals surface area contributed by atoms with E-state index in [4.69, 9.17) is 0 Å². The summed E-state index contributed by atoms with van der Waals surface area (Å²) in [6, 6.07) is 8.20. The second-order valence-electron chi connectivity index (χ2n) is 4.19. The Hall–Kier alpha value is -3.29. The van der Waals surface area contributed by atoms with Crippen molar-refractivity contribution in [2.75, 3.05) is 12.4 Å². The summed E-state index contributed by atoms with van der Waals surface area (Å²) in [6.07, 6.45) is 1.26. The van der Waals surface area contributed by atoms with Gasteiger partial charge in [-0.2, -0.15) is 0 Å². The Morgan fingerprint density at radius 2 is 2.00 bits per heavy atom. The summed E-state index contributed by atoms with van der Waals surface area (Å²) in [7, 11) is 1.25. The fourth-order valence-corrected chi connectivity index (χ4v) is 1.66. The molecule has 2 aromatic rings. The van der Waals surface area contributed by atoms with E-state index in [1.165, 1.54) is 43.6 Å². The zero-order valence-corrected chi connectivity index (χ0v) is 11.5. The highest BCUT2D eigenvalue weighted by Gasteiger charge is 2.12.